The van der Waals surface area contributed by atoms with Crippen molar-refractivity contribution in [2.24, 2.45) is 0 Å². The lowest BCUT2D eigenvalue weighted by Gasteiger charge is -2.07. The second kappa shape index (κ2) is 5.45. The van der Waals surface area contributed by atoms with E-state index in [0.717, 1.165) is 0 Å². The van der Waals surface area contributed by atoms with Crippen molar-refractivity contribution in [2.45, 2.75) is 0 Å². The van der Waals surface area contributed by atoms with Gasteiger partial charge in [0, 0.05) is 5.56 Å². The second-order valence-corrected chi connectivity index (χ2v) is 4.94. The zero-order valence-corrected chi connectivity index (χ0v) is 11.8. The van der Waals surface area contributed by atoms with Gasteiger partial charge in [-0.15, -0.1) is 0 Å². The molecule has 0 amide bonds. The second-order valence-electron chi connectivity index (χ2n) is 3.42. The molecular weight excluding hydrogens is 316 g/mol. The Labute approximate surface area is 123 Å². The van der Waals surface area contributed by atoms with Gasteiger partial charge in [-0.2, -0.15) is 0 Å². The summed E-state index contributed by atoms with van der Waals surface area (Å²) in [5, 5.41) is 1.03. The summed E-state index contributed by atoms with van der Waals surface area (Å²) in [4.78, 5) is 14.7. The molecule has 1 aromatic heterocycles. The average molecular weight is 321 g/mol. The van der Waals surface area contributed by atoms with Gasteiger partial charge in [-0.3, -0.25) is 4.79 Å². The summed E-state index contributed by atoms with van der Waals surface area (Å²) >= 11 is 23.7. The molecule has 0 aliphatic heterocycles. The number of carbonyl (C=O) groups is 1. The van der Waals surface area contributed by atoms with Gasteiger partial charge in [0.15, 0.2) is 6.29 Å². The summed E-state index contributed by atoms with van der Waals surface area (Å²) in [5.41, 5.74) is 1.44. The van der Waals surface area contributed by atoms with Crippen molar-refractivity contribution < 1.29 is 4.79 Å². The Hall–Kier alpha value is -0.800. The predicted molar refractivity (Wildman–Crippen MR) is 75.1 cm³/mol. The fraction of sp³-hybridized carbons (Fsp3) is 0. The van der Waals surface area contributed by atoms with E-state index in [2.05, 4.69) is 4.98 Å². The summed E-state index contributed by atoms with van der Waals surface area (Å²) in [6, 6.07) is 6.52. The third kappa shape index (κ3) is 2.47. The Kier molecular flexibility index (Phi) is 4.13. The van der Waals surface area contributed by atoms with Crippen LogP contribution < -0.4 is 0 Å². The summed E-state index contributed by atoms with van der Waals surface area (Å²) in [6.07, 6.45) is 0.634. The van der Waals surface area contributed by atoms with Crippen molar-refractivity contribution in [1.82, 2.24) is 4.98 Å². The Balaban J connectivity index is 2.59. The number of pyridine rings is 1. The van der Waals surface area contributed by atoms with E-state index in [0.29, 0.717) is 33.2 Å². The highest BCUT2D eigenvalue weighted by Gasteiger charge is 2.12. The number of halogens is 4. The molecule has 2 nitrogen and oxygen atoms in total. The van der Waals surface area contributed by atoms with Crippen LogP contribution in [0.3, 0.4) is 0 Å². The van der Waals surface area contributed by atoms with E-state index in [1.54, 1.807) is 24.3 Å². The van der Waals surface area contributed by atoms with E-state index in [-0.39, 0.29) is 10.2 Å². The minimum absolute atomic E-state index is 0.115. The third-order valence-electron chi connectivity index (χ3n) is 2.32. The Bertz CT molecular complexity index is 628. The first-order chi connectivity index (χ1) is 8.54. The first kappa shape index (κ1) is 13.6. The van der Waals surface area contributed by atoms with Crippen LogP contribution in [0, 0.1) is 0 Å². The molecule has 0 fully saturated rings. The molecule has 18 heavy (non-hydrogen) atoms. The summed E-state index contributed by atoms with van der Waals surface area (Å²) < 4.78 is 0. The summed E-state index contributed by atoms with van der Waals surface area (Å²) in [5.74, 6) is 0. The zero-order chi connectivity index (χ0) is 13.3. The van der Waals surface area contributed by atoms with Crippen LogP contribution in [-0.2, 0) is 0 Å². The molecule has 1 heterocycles. The number of aromatic nitrogens is 1. The lowest BCUT2D eigenvalue weighted by Crippen LogP contribution is -1.90. The van der Waals surface area contributed by atoms with Crippen LogP contribution in [0.4, 0.5) is 0 Å². The maximum absolute atomic E-state index is 10.7. The van der Waals surface area contributed by atoms with Gasteiger partial charge in [0.25, 0.3) is 0 Å². The van der Waals surface area contributed by atoms with Crippen molar-refractivity contribution in [2.75, 3.05) is 0 Å². The van der Waals surface area contributed by atoms with Crippen molar-refractivity contribution in [3.05, 3.63) is 50.0 Å². The molecule has 2 rings (SSSR count). The molecule has 92 valence electrons. The van der Waals surface area contributed by atoms with E-state index in [9.17, 15) is 4.79 Å². The summed E-state index contributed by atoms with van der Waals surface area (Å²) in [6.45, 7) is 0. The van der Waals surface area contributed by atoms with E-state index < -0.39 is 0 Å². The number of hydrogen-bond acceptors (Lipinski definition) is 2. The monoisotopic (exact) mass is 319 g/mol. The first-order valence-electron chi connectivity index (χ1n) is 4.80. The van der Waals surface area contributed by atoms with E-state index >= 15 is 0 Å². The molecule has 6 heteroatoms. The van der Waals surface area contributed by atoms with Gasteiger partial charge in [0.2, 0.25) is 0 Å². The van der Waals surface area contributed by atoms with Crippen LogP contribution in [0.2, 0.25) is 20.2 Å². The number of rotatable bonds is 2. The van der Waals surface area contributed by atoms with E-state index in [1.165, 1.54) is 0 Å². The highest BCUT2D eigenvalue weighted by Crippen LogP contribution is 2.37. The maximum atomic E-state index is 10.7. The van der Waals surface area contributed by atoms with Crippen molar-refractivity contribution >= 4 is 52.7 Å². The van der Waals surface area contributed by atoms with Gasteiger partial charge < -0.3 is 0 Å². The fourth-order valence-corrected chi connectivity index (χ4v) is 2.24. The van der Waals surface area contributed by atoms with Gasteiger partial charge in [0.05, 0.1) is 26.3 Å². The van der Waals surface area contributed by atoms with Gasteiger partial charge in [-0.05, 0) is 24.3 Å². The molecule has 0 aliphatic carbocycles. The minimum Gasteiger partial charge on any atom is -0.298 e. The Morgan fingerprint density at radius 3 is 2.28 bits per heavy atom. The molecule has 0 bridgehead atoms. The van der Waals surface area contributed by atoms with Crippen LogP contribution in [0.15, 0.2) is 24.3 Å². The SMILES string of the molecule is O=Cc1ccc(-c2ccc(Cl)c(Cl)c2Cl)nc1Cl. The summed E-state index contributed by atoms with van der Waals surface area (Å²) in [7, 11) is 0. The first-order valence-corrected chi connectivity index (χ1v) is 6.31. The largest absolute Gasteiger partial charge is 0.298 e. The Morgan fingerprint density at radius 1 is 0.944 bits per heavy atom. The molecule has 0 aliphatic rings. The number of carbonyl (C=O) groups excluding carboxylic acids is 1. The normalized spacial score (nSPS) is 10.4. The van der Waals surface area contributed by atoms with E-state index in [4.69, 9.17) is 46.4 Å². The number of benzene rings is 1. The fourth-order valence-electron chi connectivity index (χ4n) is 1.41. The average Bonchev–Trinajstić information content (AvgIpc) is 2.36. The third-order valence-corrected chi connectivity index (χ3v) is 3.91. The number of aldehydes is 1. The smallest absolute Gasteiger partial charge is 0.153 e. The van der Waals surface area contributed by atoms with Gasteiger partial charge in [-0.1, -0.05) is 46.4 Å². The van der Waals surface area contributed by atoms with Gasteiger partial charge in [-0.25, -0.2) is 4.98 Å². The molecule has 2 aromatic rings. The molecule has 0 N–H and O–H groups in total. The maximum Gasteiger partial charge on any atom is 0.153 e. The van der Waals surface area contributed by atoms with Gasteiger partial charge in [0.1, 0.15) is 5.15 Å². The van der Waals surface area contributed by atoms with Crippen molar-refractivity contribution in [3.63, 3.8) is 0 Å². The number of nitrogens with zero attached hydrogens (tertiary/aromatic N) is 1. The van der Waals surface area contributed by atoms with Crippen LogP contribution in [-0.4, -0.2) is 11.3 Å². The quantitative estimate of drug-likeness (QED) is 0.434. The molecule has 0 unspecified atom stereocenters. The Morgan fingerprint density at radius 2 is 1.67 bits per heavy atom. The van der Waals surface area contributed by atoms with Crippen molar-refractivity contribution in [3.8, 4) is 11.3 Å². The van der Waals surface area contributed by atoms with Crippen LogP contribution >= 0.6 is 46.4 Å². The molecule has 0 saturated carbocycles. The molecular formula is C12H5Cl4NO. The standard InChI is InChI=1S/C12H5Cl4NO/c13-8-3-2-7(10(14)11(8)15)9-4-1-6(5-18)12(16)17-9/h1-5H. The number of hydrogen-bond donors (Lipinski definition) is 0. The zero-order valence-electron chi connectivity index (χ0n) is 8.75. The van der Waals surface area contributed by atoms with Crippen LogP contribution in [0.25, 0.3) is 11.3 Å². The molecule has 0 atom stereocenters. The minimum atomic E-state index is 0.115. The molecule has 0 spiro atoms. The molecule has 0 saturated heterocycles. The van der Waals surface area contributed by atoms with Gasteiger partial charge >= 0.3 is 0 Å². The lowest BCUT2D eigenvalue weighted by molar-refractivity contribution is 0.112. The molecule has 1 aromatic carbocycles. The lowest BCUT2D eigenvalue weighted by atomic mass is 10.1. The highest BCUT2D eigenvalue weighted by molar-refractivity contribution is 6.49. The predicted octanol–water partition coefficient (Wildman–Crippen LogP) is 5.17. The van der Waals surface area contributed by atoms with Crippen molar-refractivity contribution in [1.29, 1.82) is 0 Å². The highest BCUT2D eigenvalue weighted by atomic mass is 35.5. The molecule has 0 radical (unpaired) electrons. The van der Waals surface area contributed by atoms with Crippen LogP contribution in [0.1, 0.15) is 10.4 Å². The van der Waals surface area contributed by atoms with Crippen LogP contribution in [0.5, 0.6) is 0 Å². The van der Waals surface area contributed by atoms with E-state index in [1.807, 2.05) is 0 Å². The topological polar surface area (TPSA) is 30.0 Å².